The fraction of sp³-hybridized carbons (Fsp3) is 1.00. The number of nitrogens with two attached hydrogens (primary N) is 2. The highest BCUT2D eigenvalue weighted by molar-refractivity contribution is 7.83. The van der Waals surface area contributed by atoms with E-state index < -0.39 is 10.8 Å². The Balaban J connectivity index is 0. The van der Waals surface area contributed by atoms with Gasteiger partial charge >= 0.3 is 0 Å². The van der Waals surface area contributed by atoms with Gasteiger partial charge in [0.05, 0.1) is 0 Å². The van der Waals surface area contributed by atoms with Gasteiger partial charge in [-0.3, -0.25) is 4.21 Å². The van der Waals surface area contributed by atoms with Crippen molar-refractivity contribution in [1.82, 2.24) is 0 Å². The minimum atomic E-state index is -0.611. The molecule has 0 aromatic heterocycles. The van der Waals surface area contributed by atoms with Crippen LogP contribution in [0.1, 0.15) is 27.7 Å². The zero-order chi connectivity index (χ0) is 10.6. The molecule has 0 amide bonds. The van der Waals surface area contributed by atoms with Crippen LogP contribution in [0, 0.1) is 0 Å². The van der Waals surface area contributed by atoms with Crippen LogP contribution in [-0.4, -0.2) is 27.8 Å². The van der Waals surface area contributed by atoms with E-state index in [0.29, 0.717) is 0 Å². The normalized spacial score (nSPS) is 12.4. The molecular weight excluding hydrogens is 172 g/mol. The lowest BCUT2D eigenvalue weighted by Gasteiger charge is -2.34. The van der Waals surface area contributed by atoms with E-state index in [1.165, 1.54) is 0 Å². The van der Waals surface area contributed by atoms with Crippen LogP contribution in [0.2, 0.25) is 0 Å². The Morgan fingerprint density at radius 2 is 1.00 bits per heavy atom. The molecule has 4 heteroatoms. The van der Waals surface area contributed by atoms with Gasteiger partial charge in [-0.1, -0.05) is 0 Å². The molecule has 0 heterocycles. The molecule has 0 unspecified atom stereocenters. The van der Waals surface area contributed by atoms with Crippen molar-refractivity contribution in [3.63, 3.8) is 0 Å². The topological polar surface area (TPSA) is 69.1 Å². The van der Waals surface area contributed by atoms with E-state index >= 15 is 0 Å². The molecular formula is C8H22N2OS. The van der Waals surface area contributed by atoms with E-state index in [1.54, 1.807) is 12.5 Å². The molecule has 0 atom stereocenters. The molecule has 0 radical (unpaired) electrons. The van der Waals surface area contributed by atoms with Crippen LogP contribution in [0.3, 0.4) is 0 Å². The molecule has 0 spiro atoms. The molecule has 0 aliphatic heterocycles. The summed E-state index contributed by atoms with van der Waals surface area (Å²) in [6.45, 7) is 7.69. The van der Waals surface area contributed by atoms with Crippen molar-refractivity contribution in [2.45, 2.75) is 38.8 Å². The minimum Gasteiger partial charge on any atom is -0.324 e. The van der Waals surface area contributed by atoms with E-state index in [0.717, 1.165) is 0 Å². The molecule has 0 bridgehead atoms. The molecule has 0 saturated carbocycles. The number of rotatable bonds is 1. The van der Waals surface area contributed by atoms with E-state index in [-0.39, 0.29) is 11.1 Å². The van der Waals surface area contributed by atoms with Crippen molar-refractivity contribution in [3.8, 4) is 0 Å². The van der Waals surface area contributed by atoms with Gasteiger partial charge in [-0.2, -0.15) is 0 Å². The maximum atomic E-state index is 9.56. The summed E-state index contributed by atoms with van der Waals surface area (Å²) in [5.74, 6) is 0. The van der Waals surface area contributed by atoms with Crippen molar-refractivity contribution in [3.05, 3.63) is 0 Å². The van der Waals surface area contributed by atoms with Crippen molar-refractivity contribution < 1.29 is 4.21 Å². The van der Waals surface area contributed by atoms with Crippen molar-refractivity contribution in [2.75, 3.05) is 12.5 Å². The smallest absolute Gasteiger partial charge is 0.0274 e. The SMILES string of the molecule is CC(C)(N)C(C)(C)N.CS(C)=O. The predicted octanol–water partition coefficient (Wildman–Crippen LogP) is 0.456. The fourth-order valence-electron chi connectivity index (χ4n) is 0. The quantitative estimate of drug-likeness (QED) is 0.637. The fourth-order valence-corrected chi connectivity index (χ4v) is 0. The second-order valence-electron chi connectivity index (χ2n) is 4.18. The first-order valence-corrected chi connectivity index (χ1v) is 5.78. The zero-order valence-corrected chi connectivity index (χ0v) is 9.79. The Morgan fingerprint density at radius 3 is 1.00 bits per heavy atom. The Labute approximate surface area is 78.4 Å². The largest absolute Gasteiger partial charge is 0.324 e. The third kappa shape index (κ3) is 10.1. The minimum absolute atomic E-state index is 0.285. The van der Waals surface area contributed by atoms with Gasteiger partial charge < -0.3 is 11.5 Å². The van der Waals surface area contributed by atoms with Gasteiger partial charge in [0.25, 0.3) is 0 Å². The molecule has 0 aromatic carbocycles. The summed E-state index contributed by atoms with van der Waals surface area (Å²) in [5.41, 5.74) is 10.8. The standard InChI is InChI=1S/C6H16N2.C2H6OS/c1-5(2,7)6(3,4)8;1-4(2)3/h7-8H2,1-4H3;1-2H3. The second-order valence-corrected chi connectivity index (χ2v) is 5.67. The highest BCUT2D eigenvalue weighted by atomic mass is 32.2. The molecule has 76 valence electrons. The van der Waals surface area contributed by atoms with E-state index in [2.05, 4.69) is 0 Å². The van der Waals surface area contributed by atoms with E-state index in [9.17, 15) is 4.21 Å². The first-order valence-electron chi connectivity index (χ1n) is 3.81. The Kier molecular flexibility index (Phi) is 6.01. The van der Waals surface area contributed by atoms with Gasteiger partial charge in [-0.25, -0.2) is 0 Å². The van der Waals surface area contributed by atoms with Crippen LogP contribution in [0.25, 0.3) is 0 Å². The molecule has 0 saturated heterocycles. The maximum absolute atomic E-state index is 9.56. The third-order valence-corrected chi connectivity index (χ3v) is 1.66. The number of hydrogen-bond acceptors (Lipinski definition) is 3. The van der Waals surface area contributed by atoms with Crippen molar-refractivity contribution in [1.29, 1.82) is 0 Å². The molecule has 4 N–H and O–H groups in total. The van der Waals surface area contributed by atoms with Gasteiger partial charge in [0.15, 0.2) is 0 Å². The molecule has 0 aliphatic carbocycles. The van der Waals surface area contributed by atoms with Crippen LogP contribution in [0.15, 0.2) is 0 Å². The summed E-state index contributed by atoms with van der Waals surface area (Å²) >= 11 is 0. The Bertz CT molecular complexity index is 128. The van der Waals surface area contributed by atoms with E-state index in [1.807, 2.05) is 27.7 Å². The van der Waals surface area contributed by atoms with Crippen LogP contribution >= 0.6 is 0 Å². The number of hydrogen-bond donors (Lipinski definition) is 2. The van der Waals surface area contributed by atoms with Crippen LogP contribution in [0.5, 0.6) is 0 Å². The summed E-state index contributed by atoms with van der Waals surface area (Å²) < 4.78 is 9.56. The lowest BCUT2D eigenvalue weighted by atomic mass is 9.85. The highest BCUT2D eigenvalue weighted by Gasteiger charge is 2.28. The average molecular weight is 194 g/mol. The molecule has 0 rings (SSSR count). The van der Waals surface area contributed by atoms with Crippen molar-refractivity contribution in [2.24, 2.45) is 11.5 Å². The Morgan fingerprint density at radius 1 is 0.917 bits per heavy atom. The molecule has 0 aliphatic rings. The Hall–Kier alpha value is 0.0700. The predicted molar refractivity (Wildman–Crippen MR) is 56.5 cm³/mol. The highest BCUT2D eigenvalue weighted by Crippen LogP contribution is 2.13. The first kappa shape index (κ1) is 14.6. The van der Waals surface area contributed by atoms with Gasteiger partial charge in [0, 0.05) is 34.4 Å². The molecule has 12 heavy (non-hydrogen) atoms. The summed E-state index contributed by atoms with van der Waals surface area (Å²) in [6.07, 6.45) is 3.28. The maximum Gasteiger partial charge on any atom is 0.0274 e. The van der Waals surface area contributed by atoms with Gasteiger partial charge in [0.2, 0.25) is 0 Å². The average Bonchev–Trinajstić information content (AvgIpc) is 1.55. The summed E-state index contributed by atoms with van der Waals surface area (Å²) in [6, 6.07) is 0. The van der Waals surface area contributed by atoms with Crippen LogP contribution in [0.4, 0.5) is 0 Å². The second kappa shape index (κ2) is 4.94. The summed E-state index contributed by atoms with van der Waals surface area (Å²) in [5, 5.41) is 0. The van der Waals surface area contributed by atoms with Crippen LogP contribution < -0.4 is 11.5 Å². The lowest BCUT2D eigenvalue weighted by Crippen LogP contribution is -2.58. The monoisotopic (exact) mass is 194 g/mol. The zero-order valence-electron chi connectivity index (χ0n) is 8.97. The molecule has 0 fully saturated rings. The first-order chi connectivity index (χ1) is 4.98. The van der Waals surface area contributed by atoms with E-state index in [4.69, 9.17) is 11.5 Å². The van der Waals surface area contributed by atoms with Crippen LogP contribution in [-0.2, 0) is 10.8 Å². The summed E-state index contributed by atoms with van der Waals surface area (Å²) in [7, 11) is -0.611. The third-order valence-electron chi connectivity index (χ3n) is 1.66. The van der Waals surface area contributed by atoms with Gasteiger partial charge in [-0.15, -0.1) is 0 Å². The summed E-state index contributed by atoms with van der Waals surface area (Å²) in [4.78, 5) is 0. The van der Waals surface area contributed by atoms with Gasteiger partial charge in [-0.05, 0) is 27.7 Å². The molecule has 0 aromatic rings. The lowest BCUT2D eigenvalue weighted by molar-refractivity contribution is 0.309. The van der Waals surface area contributed by atoms with Crippen molar-refractivity contribution >= 4 is 10.8 Å². The molecule has 3 nitrogen and oxygen atoms in total. The van der Waals surface area contributed by atoms with Gasteiger partial charge in [0.1, 0.15) is 0 Å².